The van der Waals surface area contributed by atoms with Crippen molar-refractivity contribution < 1.29 is 9.59 Å². The number of hydrogen-bond donors (Lipinski definition) is 2. The van der Waals surface area contributed by atoms with Crippen molar-refractivity contribution in [1.82, 2.24) is 10.2 Å². The lowest BCUT2D eigenvalue weighted by Crippen LogP contribution is -2.42. The van der Waals surface area contributed by atoms with Gasteiger partial charge in [-0.1, -0.05) is 54.9 Å². The van der Waals surface area contributed by atoms with E-state index >= 15 is 0 Å². The summed E-state index contributed by atoms with van der Waals surface area (Å²) in [7, 11) is 0. The Morgan fingerprint density at radius 3 is 2.52 bits per heavy atom. The summed E-state index contributed by atoms with van der Waals surface area (Å²) in [5.74, 6) is 0.698. The minimum atomic E-state index is -0.119. The number of nitrogens with zero attached hydrogens (tertiary/aromatic N) is 1. The average molecular weight is 414 g/mol. The molecule has 6 heteroatoms. The first kappa shape index (κ1) is 21.2. The van der Waals surface area contributed by atoms with E-state index in [1.165, 1.54) is 5.56 Å². The summed E-state index contributed by atoms with van der Waals surface area (Å²) >= 11 is 5.96. The van der Waals surface area contributed by atoms with Crippen LogP contribution >= 0.6 is 11.6 Å². The molecular weight excluding hydrogens is 386 g/mol. The third-order valence-electron chi connectivity index (χ3n) is 5.43. The van der Waals surface area contributed by atoms with E-state index in [0.717, 1.165) is 12.8 Å². The number of hydrogen-bond acceptors (Lipinski definition) is 2. The number of carbonyl (C=O) groups excluding carboxylic acids is 2. The van der Waals surface area contributed by atoms with Gasteiger partial charge in [-0.2, -0.15) is 0 Å². The van der Waals surface area contributed by atoms with Crippen molar-refractivity contribution in [2.75, 3.05) is 25.0 Å². The normalized spacial score (nSPS) is 15.6. The standard InChI is InChI=1S/C23H28ClN3O2/c1-17(19-6-3-2-4-7-19)16-25-22(28)14-18-10-12-27(13-11-18)23(29)26-21-9-5-8-20(24)15-21/h2-9,15,17-18H,10-14,16H2,1H3,(H,25,28)(H,26,29)/t17-/m1/s1. The second kappa shape index (κ2) is 10.3. The van der Waals surface area contributed by atoms with Gasteiger partial charge in [-0.15, -0.1) is 0 Å². The van der Waals surface area contributed by atoms with Crippen LogP contribution in [0.5, 0.6) is 0 Å². The van der Waals surface area contributed by atoms with Crippen LogP contribution in [-0.2, 0) is 4.79 Å². The molecule has 0 saturated carbocycles. The summed E-state index contributed by atoms with van der Waals surface area (Å²) in [5.41, 5.74) is 1.92. The van der Waals surface area contributed by atoms with Crippen molar-refractivity contribution >= 4 is 29.2 Å². The van der Waals surface area contributed by atoms with Crippen LogP contribution in [0, 0.1) is 5.92 Å². The second-order valence-electron chi connectivity index (χ2n) is 7.69. The molecule has 2 aromatic carbocycles. The van der Waals surface area contributed by atoms with Gasteiger partial charge in [0.1, 0.15) is 0 Å². The van der Waals surface area contributed by atoms with Crippen molar-refractivity contribution in [3.05, 3.63) is 65.2 Å². The van der Waals surface area contributed by atoms with E-state index in [0.29, 0.717) is 42.7 Å². The number of carbonyl (C=O) groups is 2. The number of benzene rings is 2. The van der Waals surface area contributed by atoms with E-state index in [2.05, 4.69) is 29.7 Å². The van der Waals surface area contributed by atoms with Crippen LogP contribution in [0.15, 0.2) is 54.6 Å². The smallest absolute Gasteiger partial charge is 0.321 e. The largest absolute Gasteiger partial charge is 0.355 e. The molecular formula is C23H28ClN3O2. The van der Waals surface area contributed by atoms with Gasteiger partial charge in [0, 0.05) is 36.8 Å². The maximum atomic E-state index is 12.4. The third kappa shape index (κ3) is 6.50. The summed E-state index contributed by atoms with van der Waals surface area (Å²) in [6.45, 7) is 4.08. The number of piperidine rings is 1. The van der Waals surface area contributed by atoms with E-state index in [1.54, 1.807) is 23.1 Å². The second-order valence-corrected chi connectivity index (χ2v) is 8.13. The fourth-order valence-electron chi connectivity index (χ4n) is 3.61. The highest BCUT2D eigenvalue weighted by atomic mass is 35.5. The summed E-state index contributed by atoms with van der Waals surface area (Å²) in [4.78, 5) is 26.5. The summed E-state index contributed by atoms with van der Waals surface area (Å²) in [5, 5.41) is 6.53. The zero-order chi connectivity index (χ0) is 20.6. The van der Waals surface area contributed by atoms with Crippen LogP contribution in [0.4, 0.5) is 10.5 Å². The number of anilines is 1. The lowest BCUT2D eigenvalue weighted by Gasteiger charge is -2.31. The van der Waals surface area contributed by atoms with Gasteiger partial charge in [0.25, 0.3) is 0 Å². The Kier molecular flexibility index (Phi) is 7.53. The van der Waals surface area contributed by atoms with Gasteiger partial charge in [-0.3, -0.25) is 4.79 Å². The van der Waals surface area contributed by atoms with Gasteiger partial charge in [0.2, 0.25) is 5.91 Å². The lowest BCUT2D eigenvalue weighted by molar-refractivity contribution is -0.122. The Hall–Kier alpha value is -2.53. The highest BCUT2D eigenvalue weighted by Crippen LogP contribution is 2.22. The number of urea groups is 1. The monoisotopic (exact) mass is 413 g/mol. The Bertz CT molecular complexity index is 820. The Morgan fingerprint density at radius 1 is 1.10 bits per heavy atom. The molecule has 1 saturated heterocycles. The predicted octanol–water partition coefficient (Wildman–Crippen LogP) is 4.89. The number of likely N-dealkylation sites (tertiary alicyclic amines) is 1. The van der Waals surface area contributed by atoms with E-state index in [9.17, 15) is 9.59 Å². The molecule has 0 bridgehead atoms. The molecule has 1 aliphatic heterocycles. The van der Waals surface area contributed by atoms with Crippen molar-refractivity contribution in [3.63, 3.8) is 0 Å². The molecule has 1 heterocycles. The molecule has 0 unspecified atom stereocenters. The highest BCUT2D eigenvalue weighted by Gasteiger charge is 2.24. The first-order valence-corrected chi connectivity index (χ1v) is 10.5. The number of halogens is 1. The van der Waals surface area contributed by atoms with Gasteiger partial charge in [0.05, 0.1) is 0 Å². The Balaban J connectivity index is 1.38. The van der Waals surface area contributed by atoms with E-state index in [1.807, 2.05) is 24.3 Å². The van der Waals surface area contributed by atoms with E-state index in [-0.39, 0.29) is 17.9 Å². The SMILES string of the molecule is C[C@H](CNC(=O)CC1CCN(C(=O)Nc2cccc(Cl)c2)CC1)c1ccccc1. The van der Waals surface area contributed by atoms with Crippen molar-refractivity contribution in [2.45, 2.75) is 32.1 Å². The molecule has 154 valence electrons. The first-order valence-electron chi connectivity index (χ1n) is 10.1. The van der Waals surface area contributed by atoms with Gasteiger partial charge >= 0.3 is 6.03 Å². The minimum Gasteiger partial charge on any atom is -0.355 e. The molecule has 0 spiro atoms. The van der Waals surface area contributed by atoms with Crippen LogP contribution in [0.25, 0.3) is 0 Å². The molecule has 2 aromatic rings. The first-order chi connectivity index (χ1) is 14.0. The molecule has 1 atom stereocenters. The maximum Gasteiger partial charge on any atom is 0.321 e. The Labute approximate surface area is 177 Å². The van der Waals surface area contributed by atoms with Crippen LogP contribution in [-0.4, -0.2) is 36.5 Å². The fourth-order valence-corrected chi connectivity index (χ4v) is 3.80. The predicted molar refractivity (Wildman–Crippen MR) is 117 cm³/mol. The van der Waals surface area contributed by atoms with Gasteiger partial charge in [-0.25, -0.2) is 4.79 Å². The zero-order valence-corrected chi connectivity index (χ0v) is 17.5. The maximum absolute atomic E-state index is 12.4. The summed E-state index contributed by atoms with van der Waals surface area (Å²) < 4.78 is 0. The lowest BCUT2D eigenvalue weighted by atomic mass is 9.93. The van der Waals surface area contributed by atoms with Crippen molar-refractivity contribution in [1.29, 1.82) is 0 Å². The fraction of sp³-hybridized carbons (Fsp3) is 0.391. The van der Waals surface area contributed by atoms with Gasteiger partial charge in [0.15, 0.2) is 0 Å². The van der Waals surface area contributed by atoms with Gasteiger partial charge < -0.3 is 15.5 Å². The molecule has 2 N–H and O–H groups in total. The van der Waals surface area contributed by atoms with E-state index in [4.69, 9.17) is 11.6 Å². The van der Waals surface area contributed by atoms with Gasteiger partial charge in [-0.05, 0) is 48.4 Å². The Morgan fingerprint density at radius 2 is 1.83 bits per heavy atom. The van der Waals surface area contributed by atoms with Crippen molar-refractivity contribution in [2.24, 2.45) is 5.92 Å². The molecule has 0 radical (unpaired) electrons. The van der Waals surface area contributed by atoms with Crippen molar-refractivity contribution in [3.8, 4) is 0 Å². The molecule has 0 aromatic heterocycles. The molecule has 1 fully saturated rings. The zero-order valence-electron chi connectivity index (χ0n) is 16.7. The number of nitrogens with one attached hydrogen (secondary N) is 2. The number of amides is 3. The molecule has 29 heavy (non-hydrogen) atoms. The molecule has 0 aliphatic carbocycles. The average Bonchev–Trinajstić information content (AvgIpc) is 2.73. The molecule has 3 rings (SSSR count). The third-order valence-corrected chi connectivity index (χ3v) is 5.66. The van der Waals surface area contributed by atoms with Crippen LogP contribution in [0.2, 0.25) is 5.02 Å². The summed E-state index contributed by atoms with van der Waals surface area (Å²) in [6.07, 6.45) is 2.19. The summed E-state index contributed by atoms with van der Waals surface area (Å²) in [6, 6.07) is 17.2. The minimum absolute atomic E-state index is 0.0922. The number of rotatable bonds is 6. The molecule has 1 aliphatic rings. The highest BCUT2D eigenvalue weighted by molar-refractivity contribution is 6.30. The van der Waals surface area contributed by atoms with E-state index < -0.39 is 0 Å². The topological polar surface area (TPSA) is 61.4 Å². The molecule has 3 amide bonds. The van der Waals surface area contributed by atoms with Crippen LogP contribution in [0.3, 0.4) is 0 Å². The van der Waals surface area contributed by atoms with Crippen LogP contribution < -0.4 is 10.6 Å². The van der Waals surface area contributed by atoms with Crippen LogP contribution in [0.1, 0.15) is 37.7 Å². The quantitative estimate of drug-likeness (QED) is 0.707. The molecule has 5 nitrogen and oxygen atoms in total.